The summed E-state index contributed by atoms with van der Waals surface area (Å²) in [6.07, 6.45) is 0.438. The van der Waals surface area contributed by atoms with E-state index >= 15 is 0 Å². The third-order valence-electron chi connectivity index (χ3n) is 1.93. The fraction of sp³-hybridized carbons (Fsp3) is 0.0909. The highest BCUT2D eigenvalue weighted by atomic mass is 19.1. The van der Waals surface area contributed by atoms with Crippen molar-refractivity contribution >= 4 is 17.5 Å². The van der Waals surface area contributed by atoms with E-state index in [2.05, 4.69) is 0 Å². The zero-order valence-electron chi connectivity index (χ0n) is 8.81. The number of rotatable bonds is 4. The van der Waals surface area contributed by atoms with Crippen LogP contribution in [0, 0.1) is 5.82 Å². The lowest BCUT2D eigenvalue weighted by Crippen LogP contribution is -2.09. The van der Waals surface area contributed by atoms with E-state index in [1.807, 2.05) is 0 Å². The monoisotopic (exact) mass is 240 g/mol. The number of aliphatic hydroxyl groups is 1. The zero-order valence-corrected chi connectivity index (χ0v) is 8.81. The minimum absolute atomic E-state index is 0.239. The number of carbonyl (C=O) groups is 2. The average Bonchev–Trinajstić information content (AvgIpc) is 2.28. The van der Waals surface area contributed by atoms with Crippen LogP contribution in [0.5, 0.6) is 5.75 Å². The molecule has 0 bridgehead atoms. The quantitative estimate of drug-likeness (QED) is 0.472. The molecule has 1 aromatic rings. The fourth-order valence-electron chi connectivity index (χ4n) is 1.09. The van der Waals surface area contributed by atoms with Crippen molar-refractivity contribution in [3.05, 3.63) is 35.7 Å². The molecule has 0 heterocycles. The molecule has 0 spiro atoms. The summed E-state index contributed by atoms with van der Waals surface area (Å²) in [6, 6.07) is 3.55. The van der Waals surface area contributed by atoms with Gasteiger partial charge in [0, 0.05) is 12.1 Å². The first-order chi connectivity index (χ1) is 7.95. The van der Waals surface area contributed by atoms with Gasteiger partial charge in [0.2, 0.25) is 0 Å². The molecule has 0 radical (unpaired) electrons. The summed E-state index contributed by atoms with van der Waals surface area (Å²) in [5, 5.41) is 17.7. The normalized spacial score (nSPS) is 11.1. The lowest BCUT2D eigenvalue weighted by molar-refractivity contribution is -0.146. The molecule has 0 amide bonds. The van der Waals surface area contributed by atoms with Crippen LogP contribution in [0.4, 0.5) is 4.39 Å². The maximum atomic E-state index is 13.4. The lowest BCUT2D eigenvalue weighted by atomic mass is 10.1. The number of aliphatic carboxylic acids is 1. The average molecular weight is 240 g/mol. The number of halogens is 1. The van der Waals surface area contributed by atoms with Crippen LogP contribution < -0.4 is 4.74 Å². The summed E-state index contributed by atoms with van der Waals surface area (Å²) in [5.74, 6) is -4.40. The van der Waals surface area contributed by atoms with Gasteiger partial charge in [0.25, 0.3) is 5.78 Å². The molecule has 90 valence electrons. The van der Waals surface area contributed by atoms with Crippen LogP contribution in [0.2, 0.25) is 0 Å². The Morgan fingerprint density at radius 3 is 2.47 bits per heavy atom. The zero-order chi connectivity index (χ0) is 13.0. The third kappa shape index (κ3) is 3.04. The van der Waals surface area contributed by atoms with Crippen molar-refractivity contribution in [2.24, 2.45) is 0 Å². The molecule has 6 heteroatoms. The molecule has 1 aromatic carbocycles. The second-order valence-corrected chi connectivity index (χ2v) is 3.04. The molecule has 5 nitrogen and oxygen atoms in total. The van der Waals surface area contributed by atoms with Crippen molar-refractivity contribution in [3.63, 3.8) is 0 Å². The number of hydrogen-bond acceptors (Lipinski definition) is 4. The van der Waals surface area contributed by atoms with Gasteiger partial charge in [-0.1, -0.05) is 0 Å². The maximum Gasteiger partial charge on any atom is 0.376 e. The molecular weight excluding hydrogens is 231 g/mol. The van der Waals surface area contributed by atoms with Crippen molar-refractivity contribution in [1.82, 2.24) is 0 Å². The van der Waals surface area contributed by atoms with Crippen molar-refractivity contribution in [2.45, 2.75) is 0 Å². The number of hydrogen-bond donors (Lipinski definition) is 2. The first kappa shape index (κ1) is 12.7. The smallest absolute Gasteiger partial charge is 0.376 e. The number of benzene rings is 1. The SMILES string of the molecule is COc1ccc(/C(O)=C/C(=O)C(=O)O)c(F)c1. The number of carboxylic acid groups (broad SMARTS) is 1. The Balaban J connectivity index is 3.08. The molecule has 0 aliphatic heterocycles. The molecule has 0 atom stereocenters. The molecule has 2 N–H and O–H groups in total. The van der Waals surface area contributed by atoms with Gasteiger partial charge >= 0.3 is 5.97 Å². The van der Waals surface area contributed by atoms with Crippen LogP contribution in [0.3, 0.4) is 0 Å². The standard InChI is InChI=1S/C11H9FO5/c1-17-6-2-3-7(8(12)4-6)9(13)5-10(14)11(15)16/h2-5,13H,1H3,(H,15,16)/b9-5-. The summed E-state index contributed by atoms with van der Waals surface area (Å²) in [7, 11) is 1.35. The van der Waals surface area contributed by atoms with E-state index in [0.29, 0.717) is 6.08 Å². The van der Waals surface area contributed by atoms with Crippen LogP contribution in [0.25, 0.3) is 5.76 Å². The van der Waals surface area contributed by atoms with Crippen LogP contribution in [-0.4, -0.2) is 29.1 Å². The second kappa shape index (κ2) is 5.11. The first-order valence-corrected chi connectivity index (χ1v) is 4.47. The van der Waals surface area contributed by atoms with Gasteiger partial charge in [-0.2, -0.15) is 0 Å². The molecule has 0 fully saturated rings. The molecule has 0 unspecified atom stereocenters. The van der Waals surface area contributed by atoms with Gasteiger partial charge < -0.3 is 14.9 Å². The largest absolute Gasteiger partial charge is 0.507 e. The van der Waals surface area contributed by atoms with Crippen LogP contribution in [0.15, 0.2) is 24.3 Å². The van der Waals surface area contributed by atoms with Gasteiger partial charge in [-0.15, -0.1) is 0 Å². The van der Waals surface area contributed by atoms with Crippen molar-refractivity contribution in [1.29, 1.82) is 0 Å². The summed E-state index contributed by atoms with van der Waals surface area (Å²) in [6.45, 7) is 0. The maximum absolute atomic E-state index is 13.4. The van der Waals surface area contributed by atoms with Crippen LogP contribution in [-0.2, 0) is 9.59 Å². The number of carboxylic acids is 1. The van der Waals surface area contributed by atoms with Gasteiger partial charge in [-0.05, 0) is 12.1 Å². The Kier molecular flexibility index (Phi) is 3.82. The highest BCUT2D eigenvalue weighted by Gasteiger charge is 2.13. The summed E-state index contributed by atoms with van der Waals surface area (Å²) in [4.78, 5) is 21.0. The Hall–Kier alpha value is -2.37. The van der Waals surface area contributed by atoms with Gasteiger partial charge in [0.05, 0.1) is 12.7 Å². The molecule has 0 aromatic heterocycles. The molecule has 0 saturated heterocycles. The fourth-order valence-corrected chi connectivity index (χ4v) is 1.09. The summed E-state index contributed by atoms with van der Waals surface area (Å²) < 4.78 is 18.1. The highest BCUT2D eigenvalue weighted by molar-refractivity contribution is 6.38. The van der Waals surface area contributed by atoms with Gasteiger partial charge in [0.1, 0.15) is 17.3 Å². The number of aliphatic hydroxyl groups excluding tert-OH is 1. The van der Waals surface area contributed by atoms with E-state index in [1.165, 1.54) is 19.2 Å². The van der Waals surface area contributed by atoms with Gasteiger partial charge in [-0.25, -0.2) is 9.18 Å². The molecule has 1 rings (SSSR count). The summed E-state index contributed by atoms with van der Waals surface area (Å²) >= 11 is 0. The van der Waals surface area contributed by atoms with E-state index in [0.717, 1.165) is 6.07 Å². The highest BCUT2D eigenvalue weighted by Crippen LogP contribution is 2.21. The third-order valence-corrected chi connectivity index (χ3v) is 1.93. The van der Waals surface area contributed by atoms with Gasteiger partial charge in [0.15, 0.2) is 0 Å². The summed E-state index contributed by atoms with van der Waals surface area (Å²) in [5.41, 5.74) is -0.277. The van der Waals surface area contributed by atoms with E-state index in [-0.39, 0.29) is 11.3 Å². The first-order valence-electron chi connectivity index (χ1n) is 4.47. The van der Waals surface area contributed by atoms with Crippen molar-refractivity contribution in [2.75, 3.05) is 7.11 Å². The number of ketones is 1. The molecule has 0 saturated carbocycles. The second-order valence-electron chi connectivity index (χ2n) is 3.04. The van der Waals surface area contributed by atoms with E-state index < -0.39 is 23.3 Å². The number of ether oxygens (including phenoxy) is 1. The predicted molar refractivity (Wildman–Crippen MR) is 56.2 cm³/mol. The number of methoxy groups -OCH3 is 1. The minimum atomic E-state index is -1.73. The van der Waals surface area contributed by atoms with E-state index in [1.54, 1.807) is 0 Å². The Morgan fingerprint density at radius 1 is 1.35 bits per heavy atom. The van der Waals surface area contributed by atoms with E-state index in [4.69, 9.17) is 9.84 Å². The minimum Gasteiger partial charge on any atom is -0.507 e. The van der Waals surface area contributed by atoms with Gasteiger partial charge in [-0.3, -0.25) is 4.79 Å². The van der Waals surface area contributed by atoms with Crippen LogP contribution >= 0.6 is 0 Å². The Morgan fingerprint density at radius 2 is 2.00 bits per heavy atom. The molecular formula is C11H9FO5. The number of carbonyl (C=O) groups excluding carboxylic acids is 1. The topological polar surface area (TPSA) is 83.8 Å². The predicted octanol–water partition coefficient (Wildman–Crippen LogP) is 1.39. The van der Waals surface area contributed by atoms with Crippen molar-refractivity contribution < 1.29 is 28.9 Å². The lowest BCUT2D eigenvalue weighted by Gasteiger charge is -2.04. The Bertz CT molecular complexity index is 493. The molecule has 0 aliphatic carbocycles. The molecule has 0 aliphatic rings. The van der Waals surface area contributed by atoms with Crippen molar-refractivity contribution in [3.8, 4) is 5.75 Å². The molecule has 17 heavy (non-hydrogen) atoms. The van der Waals surface area contributed by atoms with Crippen LogP contribution in [0.1, 0.15) is 5.56 Å². The Labute approximate surface area is 95.8 Å². The van der Waals surface area contributed by atoms with E-state index in [9.17, 15) is 19.1 Å².